The SMILES string of the molecule is CC(C)c1csc(CC(C)c2cncs2)n1. The summed E-state index contributed by atoms with van der Waals surface area (Å²) in [5.41, 5.74) is 3.12. The molecule has 1 atom stereocenters. The van der Waals surface area contributed by atoms with Crippen molar-refractivity contribution in [2.45, 2.75) is 39.0 Å². The summed E-state index contributed by atoms with van der Waals surface area (Å²) in [4.78, 5) is 10.1. The molecule has 0 spiro atoms. The maximum atomic E-state index is 4.66. The van der Waals surface area contributed by atoms with Crippen molar-refractivity contribution >= 4 is 22.7 Å². The Morgan fingerprint density at radius 1 is 1.25 bits per heavy atom. The molecule has 0 bridgehead atoms. The highest BCUT2D eigenvalue weighted by Gasteiger charge is 2.12. The van der Waals surface area contributed by atoms with Gasteiger partial charge < -0.3 is 0 Å². The normalized spacial score (nSPS) is 13.2. The Kier molecular flexibility index (Phi) is 3.71. The van der Waals surface area contributed by atoms with Crippen LogP contribution < -0.4 is 0 Å². The third-order valence-electron chi connectivity index (χ3n) is 2.58. The fourth-order valence-corrected chi connectivity index (χ4v) is 3.28. The van der Waals surface area contributed by atoms with Crippen molar-refractivity contribution in [2.24, 2.45) is 0 Å². The van der Waals surface area contributed by atoms with Crippen LogP contribution in [0.1, 0.15) is 48.2 Å². The van der Waals surface area contributed by atoms with Crippen LogP contribution in [-0.2, 0) is 6.42 Å². The van der Waals surface area contributed by atoms with E-state index in [4.69, 9.17) is 0 Å². The van der Waals surface area contributed by atoms with Crippen molar-refractivity contribution in [3.05, 3.63) is 32.7 Å². The van der Waals surface area contributed by atoms with E-state index in [9.17, 15) is 0 Å². The first-order valence-electron chi connectivity index (χ1n) is 5.49. The summed E-state index contributed by atoms with van der Waals surface area (Å²) in [6.07, 6.45) is 2.99. The van der Waals surface area contributed by atoms with Gasteiger partial charge in [-0.3, -0.25) is 4.98 Å². The molecule has 0 amide bonds. The number of thiazole rings is 2. The van der Waals surface area contributed by atoms with Crippen LogP contribution in [0, 0.1) is 0 Å². The van der Waals surface area contributed by atoms with Gasteiger partial charge in [0.05, 0.1) is 16.2 Å². The van der Waals surface area contributed by atoms with Gasteiger partial charge in [0.1, 0.15) is 0 Å². The maximum absolute atomic E-state index is 4.66. The van der Waals surface area contributed by atoms with E-state index in [2.05, 4.69) is 36.1 Å². The Morgan fingerprint density at radius 3 is 2.62 bits per heavy atom. The predicted octanol–water partition coefficient (Wildman–Crippen LogP) is 4.07. The largest absolute Gasteiger partial charge is 0.253 e. The lowest BCUT2D eigenvalue weighted by Crippen LogP contribution is -1.96. The van der Waals surface area contributed by atoms with Crippen LogP contribution in [0.3, 0.4) is 0 Å². The molecule has 0 saturated carbocycles. The van der Waals surface area contributed by atoms with Crippen molar-refractivity contribution in [2.75, 3.05) is 0 Å². The van der Waals surface area contributed by atoms with E-state index in [0.717, 1.165) is 6.42 Å². The molecule has 2 aromatic rings. The molecular formula is C12H16N2S2. The molecule has 2 aromatic heterocycles. The second kappa shape index (κ2) is 5.06. The average molecular weight is 252 g/mol. The molecule has 86 valence electrons. The lowest BCUT2D eigenvalue weighted by atomic mass is 10.1. The van der Waals surface area contributed by atoms with Gasteiger partial charge in [0.15, 0.2) is 0 Å². The van der Waals surface area contributed by atoms with E-state index in [1.807, 2.05) is 11.7 Å². The van der Waals surface area contributed by atoms with Gasteiger partial charge in [-0.25, -0.2) is 4.98 Å². The number of rotatable bonds is 4. The topological polar surface area (TPSA) is 25.8 Å². The van der Waals surface area contributed by atoms with Crippen molar-refractivity contribution in [1.82, 2.24) is 9.97 Å². The smallest absolute Gasteiger partial charge is 0.0934 e. The van der Waals surface area contributed by atoms with Crippen molar-refractivity contribution in [3.8, 4) is 0 Å². The standard InChI is InChI=1S/C12H16N2S2/c1-8(2)10-6-15-12(14-10)4-9(3)11-5-13-7-16-11/h5-9H,4H2,1-3H3. The molecule has 0 aliphatic rings. The van der Waals surface area contributed by atoms with Gasteiger partial charge in [-0.1, -0.05) is 20.8 Å². The second-order valence-electron chi connectivity index (χ2n) is 4.33. The molecule has 0 aliphatic carbocycles. The summed E-state index contributed by atoms with van der Waals surface area (Å²) in [5, 5.41) is 3.42. The highest BCUT2D eigenvalue weighted by molar-refractivity contribution is 7.10. The Morgan fingerprint density at radius 2 is 2.06 bits per heavy atom. The third kappa shape index (κ3) is 2.68. The molecule has 0 saturated heterocycles. The van der Waals surface area contributed by atoms with Gasteiger partial charge in [-0.2, -0.15) is 0 Å². The lowest BCUT2D eigenvalue weighted by molar-refractivity contribution is 0.752. The van der Waals surface area contributed by atoms with Crippen molar-refractivity contribution < 1.29 is 0 Å². The summed E-state index contributed by atoms with van der Waals surface area (Å²) in [6, 6.07) is 0. The lowest BCUT2D eigenvalue weighted by Gasteiger charge is -2.05. The molecule has 0 aliphatic heterocycles. The fourth-order valence-electron chi connectivity index (χ4n) is 1.52. The molecule has 1 unspecified atom stereocenters. The van der Waals surface area contributed by atoms with Crippen LogP contribution >= 0.6 is 22.7 Å². The monoisotopic (exact) mass is 252 g/mol. The highest BCUT2D eigenvalue weighted by atomic mass is 32.1. The summed E-state index contributed by atoms with van der Waals surface area (Å²) in [7, 11) is 0. The Bertz CT molecular complexity index is 432. The van der Waals surface area contributed by atoms with Gasteiger partial charge in [0.25, 0.3) is 0 Å². The molecule has 16 heavy (non-hydrogen) atoms. The summed E-state index contributed by atoms with van der Waals surface area (Å²) in [5.74, 6) is 1.06. The molecule has 2 heterocycles. The molecule has 0 aromatic carbocycles. The van der Waals surface area contributed by atoms with E-state index < -0.39 is 0 Å². The van der Waals surface area contributed by atoms with E-state index >= 15 is 0 Å². The zero-order chi connectivity index (χ0) is 11.5. The van der Waals surface area contributed by atoms with E-state index in [-0.39, 0.29) is 0 Å². The number of hydrogen-bond acceptors (Lipinski definition) is 4. The first-order chi connectivity index (χ1) is 7.66. The second-order valence-corrected chi connectivity index (χ2v) is 6.19. The molecule has 4 heteroatoms. The van der Waals surface area contributed by atoms with Gasteiger partial charge in [0, 0.05) is 22.9 Å². The fraction of sp³-hybridized carbons (Fsp3) is 0.500. The minimum Gasteiger partial charge on any atom is -0.253 e. The van der Waals surface area contributed by atoms with Gasteiger partial charge in [0.2, 0.25) is 0 Å². The molecular weight excluding hydrogens is 236 g/mol. The molecule has 0 N–H and O–H groups in total. The summed E-state index contributed by atoms with van der Waals surface area (Å²) >= 11 is 3.51. The maximum Gasteiger partial charge on any atom is 0.0934 e. The highest BCUT2D eigenvalue weighted by Crippen LogP contribution is 2.26. The number of nitrogens with zero attached hydrogens (tertiary/aromatic N) is 2. The first-order valence-corrected chi connectivity index (χ1v) is 7.25. The number of aromatic nitrogens is 2. The zero-order valence-electron chi connectivity index (χ0n) is 9.80. The van der Waals surface area contributed by atoms with E-state index in [1.54, 1.807) is 22.7 Å². The van der Waals surface area contributed by atoms with Gasteiger partial charge >= 0.3 is 0 Å². The summed E-state index contributed by atoms with van der Waals surface area (Å²) in [6.45, 7) is 6.61. The van der Waals surface area contributed by atoms with Crippen LogP contribution in [0.2, 0.25) is 0 Å². The third-order valence-corrected chi connectivity index (χ3v) is 4.48. The van der Waals surface area contributed by atoms with Crippen LogP contribution in [0.4, 0.5) is 0 Å². The van der Waals surface area contributed by atoms with Crippen LogP contribution in [0.5, 0.6) is 0 Å². The van der Waals surface area contributed by atoms with E-state index in [0.29, 0.717) is 11.8 Å². The Hall–Kier alpha value is -0.740. The first kappa shape index (κ1) is 11.7. The molecule has 0 radical (unpaired) electrons. The van der Waals surface area contributed by atoms with Crippen LogP contribution in [0.15, 0.2) is 17.1 Å². The summed E-state index contributed by atoms with van der Waals surface area (Å²) < 4.78 is 0. The minimum absolute atomic E-state index is 0.527. The Balaban J connectivity index is 2.03. The minimum atomic E-state index is 0.527. The quantitative estimate of drug-likeness (QED) is 0.819. The van der Waals surface area contributed by atoms with Gasteiger partial charge in [-0.05, 0) is 11.8 Å². The van der Waals surface area contributed by atoms with Crippen LogP contribution in [-0.4, -0.2) is 9.97 Å². The zero-order valence-corrected chi connectivity index (χ0v) is 11.4. The van der Waals surface area contributed by atoms with Gasteiger partial charge in [-0.15, -0.1) is 22.7 Å². The van der Waals surface area contributed by atoms with Crippen LogP contribution in [0.25, 0.3) is 0 Å². The van der Waals surface area contributed by atoms with Crippen molar-refractivity contribution in [1.29, 1.82) is 0 Å². The molecule has 2 nitrogen and oxygen atoms in total. The predicted molar refractivity (Wildman–Crippen MR) is 70.4 cm³/mol. The van der Waals surface area contributed by atoms with Crippen molar-refractivity contribution in [3.63, 3.8) is 0 Å². The number of hydrogen-bond donors (Lipinski definition) is 0. The molecule has 2 rings (SSSR count). The molecule has 0 fully saturated rings. The van der Waals surface area contributed by atoms with E-state index in [1.165, 1.54) is 15.6 Å². The average Bonchev–Trinajstić information content (AvgIpc) is 2.87. The Labute approximate surface area is 104 Å².